The minimum absolute atomic E-state index is 0.546. The van der Waals surface area contributed by atoms with E-state index >= 15 is 0 Å². The summed E-state index contributed by atoms with van der Waals surface area (Å²) in [6.45, 7) is 0. The zero-order valence-corrected chi connectivity index (χ0v) is 7.98. The van der Waals surface area contributed by atoms with Crippen LogP contribution in [0.4, 0.5) is 0 Å². The van der Waals surface area contributed by atoms with Crippen molar-refractivity contribution in [3.05, 3.63) is 47.1 Å². The quantitative estimate of drug-likeness (QED) is 0.759. The third kappa shape index (κ3) is 2.20. The molecule has 0 radical (unpaired) electrons. The number of halogens is 1. The average molecular weight is 207 g/mol. The largest absolute Gasteiger partial charge is 0.342 e. The monoisotopic (exact) mass is 206 g/mol. The van der Waals surface area contributed by atoms with Crippen LogP contribution in [0.15, 0.2) is 35.2 Å². The van der Waals surface area contributed by atoms with Gasteiger partial charge in [0.2, 0.25) is 6.39 Å². The highest BCUT2D eigenvalue weighted by Gasteiger charge is 1.92. The fraction of sp³-hybridized carbons (Fsp3) is 0. The van der Waals surface area contributed by atoms with E-state index < -0.39 is 0 Å². The molecule has 4 heteroatoms. The van der Waals surface area contributed by atoms with Gasteiger partial charge in [0.05, 0.1) is 0 Å². The van der Waals surface area contributed by atoms with Gasteiger partial charge in [-0.3, -0.25) is 0 Å². The maximum Gasteiger partial charge on any atom is 0.214 e. The molecule has 0 spiro atoms. The molecule has 1 aromatic carbocycles. The zero-order valence-electron chi connectivity index (χ0n) is 7.22. The predicted octanol–water partition coefficient (Wildman–Crippen LogP) is 2.89. The molecule has 0 saturated carbocycles. The lowest BCUT2D eigenvalue weighted by Crippen LogP contribution is -1.74. The number of nitrogens with zero attached hydrogens (tertiary/aromatic N) is 2. The number of hydrogen-bond donors (Lipinski definition) is 0. The topological polar surface area (TPSA) is 38.9 Å². The van der Waals surface area contributed by atoms with Gasteiger partial charge in [0.25, 0.3) is 0 Å². The summed E-state index contributed by atoms with van der Waals surface area (Å²) < 4.78 is 4.59. The maximum atomic E-state index is 5.82. The van der Waals surface area contributed by atoms with Crippen LogP contribution in [0.1, 0.15) is 11.4 Å². The molecule has 0 atom stereocenters. The Balaban J connectivity index is 2.18. The van der Waals surface area contributed by atoms with Gasteiger partial charge >= 0.3 is 0 Å². The van der Waals surface area contributed by atoms with Gasteiger partial charge in [-0.2, -0.15) is 4.98 Å². The molecule has 1 aromatic heterocycles. The van der Waals surface area contributed by atoms with E-state index in [9.17, 15) is 0 Å². The third-order valence-electron chi connectivity index (χ3n) is 1.65. The van der Waals surface area contributed by atoms with Crippen molar-refractivity contribution in [3.63, 3.8) is 0 Å². The van der Waals surface area contributed by atoms with Crippen molar-refractivity contribution < 1.29 is 4.52 Å². The van der Waals surface area contributed by atoms with E-state index in [0.717, 1.165) is 5.56 Å². The van der Waals surface area contributed by atoms with Crippen molar-refractivity contribution in [3.8, 4) is 0 Å². The Morgan fingerprint density at radius 1 is 1.29 bits per heavy atom. The normalized spacial score (nSPS) is 10.9. The molecular formula is C10H7ClN2O. The van der Waals surface area contributed by atoms with Crippen LogP contribution in [0, 0.1) is 0 Å². The molecule has 0 N–H and O–H groups in total. The van der Waals surface area contributed by atoms with E-state index in [4.69, 9.17) is 11.6 Å². The van der Waals surface area contributed by atoms with Crippen molar-refractivity contribution >= 4 is 23.8 Å². The Hall–Kier alpha value is -1.61. The van der Waals surface area contributed by atoms with Crippen molar-refractivity contribution in [1.82, 2.24) is 10.1 Å². The second kappa shape index (κ2) is 4.07. The highest BCUT2D eigenvalue weighted by atomic mass is 35.5. The molecule has 0 amide bonds. The van der Waals surface area contributed by atoms with Crippen LogP contribution in [0.2, 0.25) is 5.02 Å². The Bertz CT molecular complexity index is 437. The molecule has 0 aliphatic carbocycles. The van der Waals surface area contributed by atoms with Crippen LogP contribution < -0.4 is 0 Å². The Morgan fingerprint density at radius 2 is 2.21 bits per heavy atom. The first-order valence-electron chi connectivity index (χ1n) is 4.04. The number of benzene rings is 1. The van der Waals surface area contributed by atoms with Gasteiger partial charge in [-0.1, -0.05) is 35.0 Å². The molecule has 0 aliphatic rings. The van der Waals surface area contributed by atoms with E-state index in [1.807, 2.05) is 30.3 Å². The summed E-state index contributed by atoms with van der Waals surface area (Å²) in [5.74, 6) is 0.546. The molecule has 2 aromatic rings. The van der Waals surface area contributed by atoms with Gasteiger partial charge in [-0.15, -0.1) is 0 Å². The summed E-state index contributed by atoms with van der Waals surface area (Å²) >= 11 is 5.82. The molecule has 1 heterocycles. The SMILES string of the molecule is Clc1cccc(C=Cc2ncon2)c1. The molecule has 0 aliphatic heterocycles. The van der Waals surface area contributed by atoms with Crippen LogP contribution in [0.3, 0.4) is 0 Å². The number of aromatic nitrogens is 2. The summed E-state index contributed by atoms with van der Waals surface area (Å²) in [6, 6.07) is 7.52. The van der Waals surface area contributed by atoms with Gasteiger partial charge in [0.1, 0.15) is 0 Å². The molecule has 70 valence electrons. The van der Waals surface area contributed by atoms with Crippen LogP contribution in [0.25, 0.3) is 12.2 Å². The molecule has 3 nitrogen and oxygen atoms in total. The molecule has 2 rings (SSSR count). The first kappa shape index (κ1) is 8.97. The zero-order chi connectivity index (χ0) is 9.80. The fourth-order valence-corrected chi connectivity index (χ4v) is 1.23. The van der Waals surface area contributed by atoms with Gasteiger partial charge in [-0.05, 0) is 23.8 Å². The number of rotatable bonds is 2. The Labute approximate surface area is 86.0 Å². The molecule has 14 heavy (non-hydrogen) atoms. The smallest absolute Gasteiger partial charge is 0.214 e. The van der Waals surface area contributed by atoms with E-state index in [1.165, 1.54) is 6.39 Å². The Kier molecular flexibility index (Phi) is 2.60. The van der Waals surface area contributed by atoms with Gasteiger partial charge < -0.3 is 4.52 Å². The average Bonchev–Trinajstić information content (AvgIpc) is 2.67. The van der Waals surface area contributed by atoms with E-state index in [-0.39, 0.29) is 0 Å². The lowest BCUT2D eigenvalue weighted by molar-refractivity contribution is 0.415. The van der Waals surface area contributed by atoms with E-state index in [0.29, 0.717) is 10.8 Å². The summed E-state index contributed by atoms with van der Waals surface area (Å²) in [7, 11) is 0. The van der Waals surface area contributed by atoms with Crippen LogP contribution in [-0.4, -0.2) is 10.1 Å². The summed E-state index contributed by atoms with van der Waals surface area (Å²) in [5.41, 5.74) is 1.00. The van der Waals surface area contributed by atoms with E-state index in [2.05, 4.69) is 14.7 Å². The standard InChI is InChI=1S/C10H7ClN2O/c11-9-3-1-2-8(6-9)4-5-10-12-7-14-13-10/h1-7H. The molecule has 0 saturated heterocycles. The molecule has 0 unspecified atom stereocenters. The van der Waals surface area contributed by atoms with Crippen molar-refractivity contribution in [2.45, 2.75) is 0 Å². The lowest BCUT2D eigenvalue weighted by Gasteiger charge is -1.92. The number of hydrogen-bond acceptors (Lipinski definition) is 3. The van der Waals surface area contributed by atoms with Gasteiger partial charge in [-0.25, -0.2) is 0 Å². The Morgan fingerprint density at radius 3 is 2.93 bits per heavy atom. The minimum atomic E-state index is 0.546. The van der Waals surface area contributed by atoms with E-state index in [1.54, 1.807) is 6.08 Å². The molecule has 0 bridgehead atoms. The molecular weight excluding hydrogens is 200 g/mol. The summed E-state index contributed by atoms with van der Waals surface area (Å²) in [6.07, 6.45) is 4.92. The van der Waals surface area contributed by atoms with Crippen molar-refractivity contribution in [2.75, 3.05) is 0 Å². The van der Waals surface area contributed by atoms with Crippen LogP contribution >= 0.6 is 11.6 Å². The third-order valence-corrected chi connectivity index (χ3v) is 1.89. The minimum Gasteiger partial charge on any atom is -0.342 e. The first-order valence-corrected chi connectivity index (χ1v) is 4.42. The van der Waals surface area contributed by atoms with Gasteiger partial charge in [0, 0.05) is 5.02 Å². The molecule has 0 fully saturated rings. The highest BCUT2D eigenvalue weighted by molar-refractivity contribution is 6.30. The summed E-state index contributed by atoms with van der Waals surface area (Å²) in [4.78, 5) is 3.86. The second-order valence-electron chi connectivity index (χ2n) is 2.68. The fourth-order valence-electron chi connectivity index (χ4n) is 1.03. The van der Waals surface area contributed by atoms with Crippen molar-refractivity contribution in [2.24, 2.45) is 0 Å². The predicted molar refractivity (Wildman–Crippen MR) is 54.7 cm³/mol. The van der Waals surface area contributed by atoms with Crippen LogP contribution in [-0.2, 0) is 0 Å². The van der Waals surface area contributed by atoms with Crippen molar-refractivity contribution in [1.29, 1.82) is 0 Å². The highest BCUT2D eigenvalue weighted by Crippen LogP contribution is 2.12. The lowest BCUT2D eigenvalue weighted by atomic mass is 10.2. The first-order chi connectivity index (χ1) is 6.84. The van der Waals surface area contributed by atoms with Gasteiger partial charge in [0.15, 0.2) is 5.82 Å². The van der Waals surface area contributed by atoms with Crippen LogP contribution in [0.5, 0.6) is 0 Å². The maximum absolute atomic E-state index is 5.82. The summed E-state index contributed by atoms with van der Waals surface area (Å²) in [5, 5.41) is 4.36. The second-order valence-corrected chi connectivity index (χ2v) is 3.11.